The summed E-state index contributed by atoms with van der Waals surface area (Å²) in [5.41, 5.74) is 1.66. The Morgan fingerprint density at radius 2 is 1.10 bits per heavy atom. The van der Waals surface area contributed by atoms with E-state index >= 15 is 0 Å². The lowest BCUT2D eigenvalue weighted by atomic mass is 9.97. The first-order valence-corrected chi connectivity index (χ1v) is 17.6. The van der Waals surface area contributed by atoms with Crippen LogP contribution in [0.2, 0.25) is 0 Å². The van der Waals surface area contributed by atoms with E-state index in [4.69, 9.17) is 0 Å². The Hall–Kier alpha value is -4.95. The number of hydrogen-bond acceptors (Lipinski definition) is 7. The van der Waals surface area contributed by atoms with Gasteiger partial charge in [-0.1, -0.05) is 59.7 Å². The number of carbonyl (C=O) groups excluding carboxylic acids is 7. The summed E-state index contributed by atoms with van der Waals surface area (Å²) in [7, 11) is 0. The van der Waals surface area contributed by atoms with Crippen LogP contribution in [-0.4, -0.2) is 89.1 Å². The zero-order chi connectivity index (χ0) is 38.0. The number of benzene rings is 1. The van der Waals surface area contributed by atoms with Crippen molar-refractivity contribution in [2.75, 3.05) is 6.54 Å². The van der Waals surface area contributed by atoms with Gasteiger partial charge in [0.2, 0.25) is 41.4 Å². The van der Waals surface area contributed by atoms with Crippen LogP contribution in [0.3, 0.4) is 0 Å². The van der Waals surface area contributed by atoms with E-state index in [1.807, 2.05) is 24.3 Å². The minimum absolute atomic E-state index is 0.00324. The SMILES string of the molecule is CC1NC(=O)CCCNC(=O)C(Cc2c[nH]c3ccccc23)NC(=O)C(C)NC(=O)C(C(C)C)NC(=O)C(C(C)C)NC(=O)C(C(C)C)NC1=O. The topological polar surface area (TPSA) is 219 Å². The highest BCUT2D eigenvalue weighted by atomic mass is 16.2. The maximum absolute atomic E-state index is 13.6. The van der Waals surface area contributed by atoms with Gasteiger partial charge in [-0.3, -0.25) is 33.6 Å². The van der Waals surface area contributed by atoms with E-state index in [1.54, 1.807) is 47.7 Å². The molecule has 3 rings (SSSR count). The van der Waals surface area contributed by atoms with Crippen LogP contribution in [0.5, 0.6) is 0 Å². The van der Waals surface area contributed by atoms with E-state index in [1.165, 1.54) is 13.8 Å². The van der Waals surface area contributed by atoms with E-state index in [0.717, 1.165) is 16.5 Å². The molecule has 0 aliphatic carbocycles. The molecule has 1 fully saturated rings. The zero-order valence-electron chi connectivity index (χ0n) is 30.8. The van der Waals surface area contributed by atoms with Crippen molar-refractivity contribution in [1.29, 1.82) is 0 Å². The van der Waals surface area contributed by atoms with Crippen molar-refractivity contribution in [1.82, 2.24) is 42.2 Å². The molecule has 7 amide bonds. The normalized spacial score (nSPS) is 25.8. The Morgan fingerprint density at radius 3 is 1.67 bits per heavy atom. The van der Waals surface area contributed by atoms with Crippen LogP contribution in [0.25, 0.3) is 10.9 Å². The number of nitrogens with one attached hydrogen (secondary N) is 8. The van der Waals surface area contributed by atoms with Gasteiger partial charge in [-0.05, 0) is 49.7 Å². The second-order valence-electron chi connectivity index (χ2n) is 14.2. The number of H-pyrrole nitrogens is 1. The van der Waals surface area contributed by atoms with Crippen LogP contribution in [0.4, 0.5) is 0 Å². The van der Waals surface area contributed by atoms with Crippen molar-refractivity contribution in [2.45, 2.75) is 111 Å². The number of hydrogen-bond donors (Lipinski definition) is 8. The molecular weight excluding hydrogens is 656 g/mol. The highest BCUT2D eigenvalue weighted by molar-refractivity contribution is 5.97. The summed E-state index contributed by atoms with van der Waals surface area (Å²) in [6, 6.07) is 1.31. The fourth-order valence-electron chi connectivity index (χ4n) is 5.73. The maximum Gasteiger partial charge on any atom is 0.243 e. The average molecular weight is 711 g/mol. The summed E-state index contributed by atoms with van der Waals surface area (Å²) in [4.78, 5) is 96.4. The summed E-state index contributed by atoms with van der Waals surface area (Å²) in [6.45, 7) is 13.5. The quantitative estimate of drug-likeness (QED) is 0.220. The van der Waals surface area contributed by atoms with Crippen molar-refractivity contribution in [2.24, 2.45) is 17.8 Å². The minimum atomic E-state index is -1.09. The monoisotopic (exact) mass is 710 g/mol. The number of aromatic nitrogens is 1. The van der Waals surface area contributed by atoms with Crippen molar-refractivity contribution in [3.8, 4) is 0 Å². The molecule has 15 heteroatoms. The molecule has 1 aliphatic rings. The van der Waals surface area contributed by atoms with Crippen LogP contribution in [0, 0.1) is 17.8 Å². The average Bonchev–Trinajstić information content (AvgIpc) is 3.47. The lowest BCUT2D eigenvalue weighted by Gasteiger charge is -2.30. The van der Waals surface area contributed by atoms with Gasteiger partial charge in [-0.2, -0.15) is 0 Å². The lowest BCUT2D eigenvalue weighted by molar-refractivity contribution is -0.136. The van der Waals surface area contributed by atoms with Gasteiger partial charge in [0.05, 0.1) is 0 Å². The molecule has 6 unspecified atom stereocenters. The highest BCUT2D eigenvalue weighted by Gasteiger charge is 2.35. The molecule has 6 atom stereocenters. The van der Waals surface area contributed by atoms with E-state index in [2.05, 4.69) is 42.2 Å². The van der Waals surface area contributed by atoms with E-state index in [-0.39, 0.29) is 31.7 Å². The minimum Gasteiger partial charge on any atom is -0.361 e. The predicted octanol–water partition coefficient (Wildman–Crippen LogP) is 0.537. The number of carbonyl (C=O) groups is 7. The fourth-order valence-corrected chi connectivity index (χ4v) is 5.73. The van der Waals surface area contributed by atoms with Gasteiger partial charge in [0.1, 0.15) is 36.3 Å². The number of amides is 7. The molecule has 1 aliphatic heterocycles. The molecule has 2 heterocycles. The van der Waals surface area contributed by atoms with E-state index in [0.29, 0.717) is 0 Å². The Balaban J connectivity index is 1.91. The van der Waals surface area contributed by atoms with Gasteiger partial charge in [-0.15, -0.1) is 0 Å². The number of aromatic amines is 1. The first kappa shape index (κ1) is 40.5. The number of fused-ring (bicyclic) bond motifs is 1. The van der Waals surface area contributed by atoms with Gasteiger partial charge in [0.15, 0.2) is 0 Å². The van der Waals surface area contributed by atoms with E-state index in [9.17, 15) is 33.6 Å². The molecule has 0 spiro atoms. The van der Waals surface area contributed by atoms with Gasteiger partial charge in [0.25, 0.3) is 0 Å². The molecule has 0 bridgehead atoms. The van der Waals surface area contributed by atoms with Crippen LogP contribution in [0.15, 0.2) is 30.5 Å². The van der Waals surface area contributed by atoms with Gasteiger partial charge in [0, 0.05) is 36.5 Å². The Bertz CT molecular complexity index is 1590. The molecular formula is C36H54N8O7. The molecule has 51 heavy (non-hydrogen) atoms. The van der Waals surface area contributed by atoms with Crippen molar-refractivity contribution < 1.29 is 33.6 Å². The predicted molar refractivity (Wildman–Crippen MR) is 192 cm³/mol. The van der Waals surface area contributed by atoms with Crippen LogP contribution >= 0.6 is 0 Å². The third-order valence-electron chi connectivity index (χ3n) is 8.88. The van der Waals surface area contributed by atoms with Gasteiger partial charge < -0.3 is 42.2 Å². The molecule has 1 saturated heterocycles. The summed E-state index contributed by atoms with van der Waals surface area (Å²) < 4.78 is 0. The summed E-state index contributed by atoms with van der Waals surface area (Å²) >= 11 is 0. The molecule has 15 nitrogen and oxygen atoms in total. The largest absolute Gasteiger partial charge is 0.361 e. The number of para-hydroxylation sites is 1. The number of rotatable bonds is 5. The maximum atomic E-state index is 13.6. The fraction of sp³-hybridized carbons (Fsp3) is 0.583. The second-order valence-corrected chi connectivity index (χ2v) is 14.2. The molecule has 1 aromatic carbocycles. The third kappa shape index (κ3) is 11.3. The molecule has 2 aromatic rings. The standard InChI is InChI=1S/C36H54N8O7/c1-18(2)28-34(49)40-22(8)31(46)41-26(16-23-17-38-25-13-10-9-12-24(23)25)33(48)37-15-11-14-27(45)39-21(7)32(47)42-29(19(3)4)35(50)44-30(20(5)6)36(51)43-28/h9-10,12-13,17-22,26,28-30,38H,11,14-16H2,1-8H3,(H,37,48)(H,39,45)(H,40,49)(H,41,46)(H,42,47)(H,43,51)(H,44,50). The second kappa shape index (κ2) is 18.3. The van der Waals surface area contributed by atoms with Crippen molar-refractivity contribution >= 4 is 52.3 Å². The van der Waals surface area contributed by atoms with Crippen LogP contribution < -0.4 is 37.2 Å². The van der Waals surface area contributed by atoms with Gasteiger partial charge in [-0.25, -0.2) is 0 Å². The summed E-state index contributed by atoms with van der Waals surface area (Å²) in [5, 5.41) is 19.8. The van der Waals surface area contributed by atoms with Gasteiger partial charge >= 0.3 is 0 Å². The Labute approximate surface area is 299 Å². The molecule has 0 saturated carbocycles. The smallest absolute Gasteiger partial charge is 0.243 e. The molecule has 0 radical (unpaired) electrons. The highest BCUT2D eigenvalue weighted by Crippen LogP contribution is 2.19. The van der Waals surface area contributed by atoms with Crippen molar-refractivity contribution in [3.63, 3.8) is 0 Å². The molecule has 1 aromatic heterocycles. The van der Waals surface area contributed by atoms with E-state index < -0.39 is 89.4 Å². The van der Waals surface area contributed by atoms with Crippen molar-refractivity contribution in [3.05, 3.63) is 36.0 Å². The molecule has 8 N–H and O–H groups in total. The lowest BCUT2D eigenvalue weighted by Crippen LogP contribution is -2.61. The zero-order valence-corrected chi connectivity index (χ0v) is 30.8. The summed E-state index contributed by atoms with van der Waals surface area (Å²) in [6.07, 6.45) is 2.15. The van der Waals surface area contributed by atoms with Crippen LogP contribution in [0.1, 0.15) is 73.8 Å². The molecule has 280 valence electrons. The third-order valence-corrected chi connectivity index (χ3v) is 8.88. The van der Waals surface area contributed by atoms with Crippen LogP contribution in [-0.2, 0) is 40.0 Å². The first-order chi connectivity index (χ1) is 24.0. The summed E-state index contributed by atoms with van der Waals surface area (Å²) in [5.74, 6) is -5.12. The first-order valence-electron chi connectivity index (χ1n) is 17.6. The Kier molecular flexibility index (Phi) is 14.6. The Morgan fingerprint density at radius 1 is 0.608 bits per heavy atom.